The third kappa shape index (κ3) is 4.43. The predicted octanol–water partition coefficient (Wildman–Crippen LogP) is 2.09. The first-order valence-electron chi connectivity index (χ1n) is 8.07. The van der Waals surface area contributed by atoms with Crippen LogP contribution >= 0.6 is 15.9 Å². The van der Waals surface area contributed by atoms with Crippen LogP contribution in [0.4, 0.5) is 5.82 Å². The van der Waals surface area contributed by atoms with E-state index in [1.807, 2.05) is 29.2 Å². The van der Waals surface area contributed by atoms with E-state index in [2.05, 4.69) is 26.3 Å². The van der Waals surface area contributed by atoms with Gasteiger partial charge in [0.2, 0.25) is 5.91 Å². The van der Waals surface area contributed by atoms with E-state index < -0.39 is 0 Å². The molecular formula is C17H21BrN4O2. The van der Waals surface area contributed by atoms with Gasteiger partial charge in [0.25, 0.3) is 0 Å². The number of hydrogen-bond donors (Lipinski definition) is 2. The van der Waals surface area contributed by atoms with Gasteiger partial charge in [-0.25, -0.2) is 4.68 Å². The summed E-state index contributed by atoms with van der Waals surface area (Å²) in [5.41, 5.74) is 1.09. The number of benzene rings is 1. The number of carbonyl (C=O) groups excluding carboxylic acids is 1. The molecular weight excluding hydrogens is 372 g/mol. The molecule has 7 heteroatoms. The zero-order valence-corrected chi connectivity index (χ0v) is 14.9. The maximum absolute atomic E-state index is 12.3. The van der Waals surface area contributed by atoms with Crippen LogP contribution in [0.15, 0.2) is 41.0 Å². The number of amides is 1. The minimum Gasteiger partial charge on any atom is -0.392 e. The second kappa shape index (κ2) is 7.92. The van der Waals surface area contributed by atoms with Crippen LogP contribution in [-0.2, 0) is 11.3 Å². The number of carbonyl (C=O) groups is 1. The van der Waals surface area contributed by atoms with Crippen molar-refractivity contribution in [3.8, 4) is 0 Å². The average Bonchev–Trinajstić information content (AvgIpc) is 2.96. The van der Waals surface area contributed by atoms with Gasteiger partial charge in [-0.3, -0.25) is 9.69 Å². The van der Waals surface area contributed by atoms with Crippen LogP contribution in [0.1, 0.15) is 18.4 Å². The Labute approximate surface area is 149 Å². The van der Waals surface area contributed by atoms with Gasteiger partial charge in [0.1, 0.15) is 5.82 Å². The molecule has 0 saturated carbocycles. The highest BCUT2D eigenvalue weighted by molar-refractivity contribution is 9.10. The SMILES string of the molecule is O=C(CN1CCC[C@@H](O)C1)Nc1ccnn1Cc1ccccc1Br. The van der Waals surface area contributed by atoms with Crippen molar-refractivity contribution in [2.45, 2.75) is 25.5 Å². The molecule has 1 aromatic heterocycles. The predicted molar refractivity (Wildman–Crippen MR) is 95.8 cm³/mol. The highest BCUT2D eigenvalue weighted by atomic mass is 79.9. The maximum Gasteiger partial charge on any atom is 0.239 e. The first-order chi connectivity index (χ1) is 11.6. The Bertz CT molecular complexity index is 703. The molecule has 0 spiro atoms. The van der Waals surface area contributed by atoms with Crippen molar-refractivity contribution in [1.29, 1.82) is 0 Å². The molecule has 1 fully saturated rings. The summed E-state index contributed by atoms with van der Waals surface area (Å²) >= 11 is 3.53. The number of rotatable bonds is 5. The smallest absolute Gasteiger partial charge is 0.239 e. The van der Waals surface area contributed by atoms with E-state index in [-0.39, 0.29) is 18.6 Å². The number of aromatic nitrogens is 2. The summed E-state index contributed by atoms with van der Waals surface area (Å²) in [6.45, 7) is 2.27. The van der Waals surface area contributed by atoms with Crippen LogP contribution in [0.5, 0.6) is 0 Å². The number of β-amino-alcohol motifs (C(OH)–C–C–N with tert-alkyl or cyclic N) is 1. The Balaban J connectivity index is 1.61. The van der Waals surface area contributed by atoms with Crippen molar-refractivity contribution in [2.75, 3.05) is 25.0 Å². The number of nitrogens with zero attached hydrogens (tertiary/aromatic N) is 3. The normalized spacial score (nSPS) is 18.5. The van der Waals surface area contributed by atoms with E-state index in [0.29, 0.717) is 18.9 Å². The van der Waals surface area contributed by atoms with Gasteiger partial charge in [-0.05, 0) is 31.0 Å². The quantitative estimate of drug-likeness (QED) is 0.816. The van der Waals surface area contributed by atoms with E-state index >= 15 is 0 Å². The molecule has 1 aliphatic rings. The number of aliphatic hydroxyl groups excluding tert-OH is 1. The fraction of sp³-hybridized carbons (Fsp3) is 0.412. The summed E-state index contributed by atoms with van der Waals surface area (Å²) in [7, 11) is 0. The molecule has 128 valence electrons. The van der Waals surface area contributed by atoms with E-state index in [9.17, 15) is 9.90 Å². The van der Waals surface area contributed by atoms with E-state index in [4.69, 9.17) is 0 Å². The molecule has 0 unspecified atom stereocenters. The number of aliphatic hydroxyl groups is 1. The zero-order valence-electron chi connectivity index (χ0n) is 13.4. The Hall–Kier alpha value is -1.70. The highest BCUT2D eigenvalue weighted by Crippen LogP contribution is 2.19. The molecule has 0 radical (unpaired) electrons. The Kier molecular flexibility index (Phi) is 5.65. The van der Waals surface area contributed by atoms with Crippen molar-refractivity contribution in [1.82, 2.24) is 14.7 Å². The van der Waals surface area contributed by atoms with Crippen molar-refractivity contribution in [3.05, 3.63) is 46.6 Å². The standard InChI is InChI=1S/C17H21BrN4O2/c18-15-6-2-1-4-13(15)10-22-16(7-8-19-22)20-17(24)12-21-9-3-5-14(23)11-21/h1-2,4,6-8,14,23H,3,5,9-12H2,(H,20,24)/t14-/m1/s1. The van der Waals surface area contributed by atoms with Gasteiger partial charge in [0.05, 0.1) is 25.4 Å². The Morgan fingerprint density at radius 3 is 3.00 bits per heavy atom. The molecule has 1 aromatic carbocycles. The number of anilines is 1. The number of halogens is 1. The van der Waals surface area contributed by atoms with Crippen LogP contribution in [-0.4, -0.2) is 51.4 Å². The monoisotopic (exact) mass is 392 g/mol. The second-order valence-corrected chi connectivity index (χ2v) is 6.90. The molecule has 2 N–H and O–H groups in total. The van der Waals surface area contributed by atoms with Crippen molar-refractivity contribution < 1.29 is 9.90 Å². The summed E-state index contributed by atoms with van der Waals surface area (Å²) in [4.78, 5) is 14.3. The van der Waals surface area contributed by atoms with Crippen LogP contribution in [0.25, 0.3) is 0 Å². The minimum atomic E-state index is -0.326. The van der Waals surface area contributed by atoms with Gasteiger partial charge in [-0.2, -0.15) is 5.10 Å². The fourth-order valence-electron chi connectivity index (χ4n) is 2.91. The van der Waals surface area contributed by atoms with Gasteiger partial charge in [-0.15, -0.1) is 0 Å². The molecule has 1 amide bonds. The molecule has 1 atom stereocenters. The number of piperidine rings is 1. The molecule has 1 saturated heterocycles. The molecule has 6 nitrogen and oxygen atoms in total. The molecule has 1 aliphatic heterocycles. The lowest BCUT2D eigenvalue weighted by atomic mass is 10.1. The molecule has 0 bridgehead atoms. The topological polar surface area (TPSA) is 70.4 Å². The Morgan fingerprint density at radius 1 is 1.38 bits per heavy atom. The summed E-state index contributed by atoms with van der Waals surface area (Å²) < 4.78 is 2.78. The first-order valence-corrected chi connectivity index (χ1v) is 8.86. The molecule has 0 aliphatic carbocycles. The minimum absolute atomic E-state index is 0.0852. The number of hydrogen-bond acceptors (Lipinski definition) is 4. The summed E-state index contributed by atoms with van der Waals surface area (Å²) in [6, 6.07) is 9.74. The summed E-state index contributed by atoms with van der Waals surface area (Å²) in [5, 5.41) is 16.9. The number of likely N-dealkylation sites (tertiary alicyclic amines) is 1. The van der Waals surface area contributed by atoms with Gasteiger partial charge in [0, 0.05) is 17.1 Å². The second-order valence-electron chi connectivity index (χ2n) is 6.04. The van der Waals surface area contributed by atoms with Crippen LogP contribution < -0.4 is 5.32 Å². The lowest BCUT2D eigenvalue weighted by molar-refractivity contribution is -0.118. The average molecular weight is 393 g/mol. The van der Waals surface area contributed by atoms with E-state index in [1.165, 1.54) is 0 Å². The van der Waals surface area contributed by atoms with Gasteiger partial charge in [-0.1, -0.05) is 34.1 Å². The molecule has 3 rings (SSSR count). The highest BCUT2D eigenvalue weighted by Gasteiger charge is 2.20. The Morgan fingerprint density at radius 2 is 2.21 bits per heavy atom. The third-order valence-corrected chi connectivity index (χ3v) is 4.88. The first kappa shape index (κ1) is 17.1. The fourth-order valence-corrected chi connectivity index (χ4v) is 3.32. The third-order valence-electron chi connectivity index (χ3n) is 4.11. The lowest BCUT2D eigenvalue weighted by Gasteiger charge is -2.29. The van der Waals surface area contributed by atoms with Gasteiger partial charge >= 0.3 is 0 Å². The lowest BCUT2D eigenvalue weighted by Crippen LogP contribution is -2.42. The molecule has 2 heterocycles. The number of nitrogens with one attached hydrogen (secondary N) is 1. The summed E-state index contributed by atoms with van der Waals surface area (Å²) in [6.07, 6.45) is 3.09. The van der Waals surface area contributed by atoms with Crippen LogP contribution in [0.3, 0.4) is 0 Å². The molecule has 24 heavy (non-hydrogen) atoms. The van der Waals surface area contributed by atoms with Crippen molar-refractivity contribution in [2.24, 2.45) is 0 Å². The molecule has 2 aromatic rings. The van der Waals surface area contributed by atoms with Crippen LogP contribution in [0.2, 0.25) is 0 Å². The van der Waals surface area contributed by atoms with Crippen molar-refractivity contribution >= 4 is 27.7 Å². The van der Waals surface area contributed by atoms with Crippen molar-refractivity contribution in [3.63, 3.8) is 0 Å². The summed E-state index contributed by atoms with van der Waals surface area (Å²) in [5.74, 6) is 0.589. The van der Waals surface area contributed by atoms with Gasteiger partial charge in [0.15, 0.2) is 0 Å². The van der Waals surface area contributed by atoms with Gasteiger partial charge < -0.3 is 10.4 Å². The van der Waals surface area contributed by atoms with Crippen LogP contribution in [0, 0.1) is 0 Å². The van der Waals surface area contributed by atoms with E-state index in [1.54, 1.807) is 16.9 Å². The van der Waals surface area contributed by atoms with E-state index in [0.717, 1.165) is 29.4 Å². The maximum atomic E-state index is 12.3. The largest absolute Gasteiger partial charge is 0.392 e. The zero-order chi connectivity index (χ0) is 16.9.